The van der Waals surface area contributed by atoms with Gasteiger partial charge in [0.1, 0.15) is 0 Å². The molecule has 7 aliphatic carbocycles. The van der Waals surface area contributed by atoms with Crippen LogP contribution in [0.3, 0.4) is 0 Å². The minimum Gasteiger partial charge on any atom is -0.118 e. The van der Waals surface area contributed by atoms with Gasteiger partial charge in [-0.1, -0.05) is 491 Å². The summed E-state index contributed by atoms with van der Waals surface area (Å²) in [6.45, 7) is 19.6. The number of allylic oxidation sites excluding steroid dienone is 16. The molecule has 19 aliphatic rings. The lowest BCUT2D eigenvalue weighted by Gasteiger charge is -2.23. The van der Waals surface area contributed by atoms with Gasteiger partial charge in [-0.05, 0) is 197 Å². The minimum atomic E-state index is 1.16. The Morgan fingerprint density at radius 1 is 0.110 bits per heavy atom. The summed E-state index contributed by atoms with van der Waals surface area (Å²) in [5.41, 5.74) is 21.4. The third kappa shape index (κ3) is 29.9. The van der Waals surface area contributed by atoms with E-state index in [1.54, 1.807) is 0 Å². The van der Waals surface area contributed by atoms with Gasteiger partial charge >= 0.3 is 0 Å². The number of rotatable bonds is 0. The molecule has 0 saturated carbocycles. The number of benzene rings is 4. The largest absolute Gasteiger partial charge is 0.118 e. The Labute approximate surface area is 922 Å². The topological polar surface area (TPSA) is 0 Å². The van der Waals surface area contributed by atoms with E-state index in [2.05, 4.69) is 435 Å². The van der Waals surface area contributed by atoms with Gasteiger partial charge in [-0.25, -0.2) is 0 Å². The van der Waals surface area contributed by atoms with Gasteiger partial charge in [0.15, 0.2) is 0 Å². The summed E-state index contributed by atoms with van der Waals surface area (Å²) in [4.78, 5) is 11.6. The fraction of sp³-hybridized carbons (Fsp3) is 0.500. The highest BCUT2D eigenvalue weighted by Gasteiger charge is 2.39. The zero-order chi connectivity index (χ0) is 93.3. The molecular weight excluding hydrogens is 2110 g/mol. The molecule has 0 nitrogen and oxygen atoms in total. The molecule has 0 unspecified atom stereocenters. The molecule has 728 valence electrons. The lowest BCUT2D eigenvalue weighted by Crippen LogP contribution is -2.00. The predicted molar refractivity (Wildman–Crippen MR) is 669 cm³/mol. The number of hydrogen-bond donors (Lipinski definition) is 0. The van der Waals surface area contributed by atoms with Crippen LogP contribution in [0.15, 0.2) is 204 Å². The zero-order valence-electron chi connectivity index (χ0n) is 81.0. The maximum atomic E-state index is 2.61. The highest BCUT2D eigenvalue weighted by atomic mass is 32.3. The van der Waals surface area contributed by atoms with Crippen LogP contribution < -0.4 is 0 Å². The molecule has 0 spiro atoms. The van der Waals surface area contributed by atoms with Gasteiger partial charge in [-0.3, -0.25) is 0 Å². The van der Waals surface area contributed by atoms with Crippen molar-refractivity contribution in [2.45, 2.75) is 312 Å². The molecule has 12 aliphatic heterocycles. The van der Waals surface area contributed by atoms with Gasteiger partial charge in [0.2, 0.25) is 0 Å². The molecule has 12 heterocycles. The van der Waals surface area contributed by atoms with Crippen molar-refractivity contribution in [3.63, 3.8) is 0 Å². The van der Waals surface area contributed by atoms with Gasteiger partial charge in [0, 0.05) is 83.8 Å². The van der Waals surface area contributed by atoms with Crippen molar-refractivity contribution in [3.8, 4) is 0 Å². The second-order valence-corrected chi connectivity index (χ2v) is 67.9. The van der Waals surface area contributed by atoms with Crippen LogP contribution in [0.25, 0.3) is 44.6 Å². The third-order valence-electron chi connectivity index (χ3n) is 26.3. The van der Waals surface area contributed by atoms with Crippen LogP contribution in [-0.4, -0.2) is 46.0 Å². The molecule has 32 bridgehead atoms. The van der Waals surface area contributed by atoms with Gasteiger partial charge in [0.05, 0.1) is 67.8 Å². The quantitative estimate of drug-likeness (QED) is 0.164. The summed E-state index contributed by atoms with van der Waals surface area (Å²) in [5, 5.41) is 0. The molecule has 0 atom stereocenters. The Morgan fingerprint density at radius 2 is 0.199 bits per heavy atom. The Bertz CT molecular complexity index is 4450. The first kappa shape index (κ1) is 108. The highest BCUT2D eigenvalue weighted by molar-refractivity contribution is 8.40. The lowest BCUT2D eigenvalue weighted by molar-refractivity contribution is 0.564. The molecule has 0 fully saturated rings. The summed E-state index contributed by atoms with van der Waals surface area (Å²) < 4.78 is 23.3. The SMILES string of the molecule is CC1=C2SCCCCCCCCCCCCSC3=C(C)SC(=C4/C5=C6\SC(C)=C(SCCCCCCCCCCCCSC7=C(C)S/C(=C(/C8=C9SC(C)=C(SCCCCCCCCCCCCSC%10=C(C)S/C(=C(/C%11=C%12SC(C)=C(SCCCCCCCCCCCCSC%13=C(C)S/C(=C(/C(=C(S1)S2)c1ccc4cc1)c1ccc%11cc1)S%13)S%12)c1ccc8cc1)S%10)S9)c1ccc5cc1)S7)S6)S3. The molecular formula is C112H136S24. The Kier molecular flexibility index (Phi) is 45.3. The molecule has 0 radical (unpaired) electrons. The maximum Gasteiger partial charge on any atom is 0.0586 e. The first-order chi connectivity index (χ1) is 66.8. The Morgan fingerprint density at radius 3 is 0.294 bits per heavy atom. The molecule has 0 saturated heterocycles. The van der Waals surface area contributed by atoms with Crippen molar-refractivity contribution in [2.75, 3.05) is 46.0 Å². The van der Waals surface area contributed by atoms with Gasteiger partial charge in [-0.2, -0.15) is 0 Å². The van der Waals surface area contributed by atoms with E-state index in [1.807, 2.05) is 0 Å². The first-order valence-corrected chi connectivity index (χ1v) is 71.7. The zero-order valence-corrected chi connectivity index (χ0v) is 101. The van der Waals surface area contributed by atoms with Crippen molar-refractivity contribution in [3.05, 3.63) is 249 Å². The van der Waals surface area contributed by atoms with Gasteiger partial charge < -0.3 is 0 Å². The van der Waals surface area contributed by atoms with E-state index < -0.39 is 0 Å². The van der Waals surface area contributed by atoms with E-state index in [1.165, 1.54) is 453 Å². The molecule has 0 amide bonds. The molecule has 136 heavy (non-hydrogen) atoms. The molecule has 23 rings (SSSR count). The lowest BCUT2D eigenvalue weighted by atomic mass is 9.88. The van der Waals surface area contributed by atoms with Crippen molar-refractivity contribution in [1.82, 2.24) is 0 Å². The summed E-state index contributed by atoms with van der Waals surface area (Å²) >= 11 is 50.4. The van der Waals surface area contributed by atoms with Crippen molar-refractivity contribution >= 4 is 327 Å². The minimum absolute atomic E-state index is 1.16. The molecule has 4 aromatic rings. The molecule has 24 heteroatoms. The highest BCUT2D eigenvalue weighted by Crippen LogP contribution is 2.69. The van der Waals surface area contributed by atoms with E-state index in [4.69, 9.17) is 0 Å². The number of hydrogen-bond acceptors (Lipinski definition) is 24. The second-order valence-electron chi connectivity index (χ2n) is 36.9. The van der Waals surface area contributed by atoms with E-state index in [0.717, 1.165) is 46.0 Å². The standard InChI is InChI=1S/C112H136S24/c1-73-97-113-65-41-33-25-17-9-10-18-26-35-43-67-115-99-75(3)123-107(131-99)91-83-51-49-81(50-52-83)89(105(121-73)129-97)90-82-53-55-84(56-54-82)92(108-124-76(4)100(132-108)116-68-44-36-28-20-12-11-19-27-34-42-66-114-98-74(2)122-106(90)130-98)94-86-61-63-88(64-62-86)96(112-128-80(8)104(136-112)120-72-48-40-32-24-16-15-22-30-38-46-70-118-102-78(6)126-110(94)134-102)95-87-59-57-85(58-60-87)93(91)109-125-77(5)101(133-109)117-69-45-37-29-21-13-14-23-31-39-47-71-119-103-79(7)127-111(95)135-103/h49-64H,9-48,65-72H2,1-8H3/b105-89-,106-90?,107-91+,108-92-,109-93?,110-94?,111-95?,112-96-. The Balaban J connectivity index is 0.921. The first-order valence-electron chi connectivity index (χ1n) is 50.8. The second kappa shape index (κ2) is 56.8. The third-order valence-corrected chi connectivity index (χ3v) is 59.9. The molecule has 4 aromatic carbocycles. The number of fused-ring (bicyclic) bond motifs is 16. The van der Waals surface area contributed by atoms with E-state index >= 15 is 0 Å². The average Bonchev–Trinajstić information content (AvgIpc) is 1.52. The van der Waals surface area contributed by atoms with Crippen LogP contribution in [0.1, 0.15) is 357 Å². The van der Waals surface area contributed by atoms with Gasteiger partial charge in [-0.15, -0.1) is 94.1 Å². The molecule has 0 aromatic heterocycles. The molecule has 0 N–H and O–H groups in total. The summed E-state index contributed by atoms with van der Waals surface area (Å²) in [7, 11) is 0. The van der Waals surface area contributed by atoms with Crippen LogP contribution in [0.2, 0.25) is 0 Å². The average molecular weight is 2250 g/mol. The van der Waals surface area contributed by atoms with Crippen LogP contribution in [0, 0.1) is 0 Å². The summed E-state index contributed by atoms with van der Waals surface area (Å²) in [6, 6.07) is 41.7. The normalized spacial score (nSPS) is 25.5. The fourth-order valence-corrected chi connectivity index (χ4v) is 53.0. The summed E-state index contributed by atoms with van der Waals surface area (Å²) in [5.74, 6) is 9.32. The van der Waals surface area contributed by atoms with Crippen molar-refractivity contribution in [1.29, 1.82) is 0 Å². The van der Waals surface area contributed by atoms with E-state index in [9.17, 15) is 0 Å². The number of thioether (sulfide) groups is 24. The van der Waals surface area contributed by atoms with Gasteiger partial charge in [0.25, 0.3) is 0 Å². The van der Waals surface area contributed by atoms with Crippen LogP contribution in [-0.2, 0) is 0 Å². The van der Waals surface area contributed by atoms with E-state index in [0.29, 0.717) is 0 Å². The fourth-order valence-electron chi connectivity index (χ4n) is 18.6. The smallest absolute Gasteiger partial charge is 0.0586 e. The van der Waals surface area contributed by atoms with E-state index in [-0.39, 0.29) is 0 Å². The summed E-state index contributed by atoms with van der Waals surface area (Å²) in [6.07, 6.45) is 53.4. The predicted octanol–water partition coefficient (Wildman–Crippen LogP) is 47.0. The van der Waals surface area contributed by atoms with Crippen molar-refractivity contribution in [2.24, 2.45) is 0 Å². The monoisotopic (exact) mass is 2250 g/mol. The van der Waals surface area contributed by atoms with Crippen LogP contribution in [0.4, 0.5) is 0 Å². The Hall–Kier alpha value is 1.12. The van der Waals surface area contributed by atoms with Crippen molar-refractivity contribution < 1.29 is 0 Å². The van der Waals surface area contributed by atoms with Crippen LogP contribution in [0.5, 0.6) is 0 Å². The maximum absolute atomic E-state index is 2.61. The van der Waals surface area contributed by atoms with Crippen LogP contribution >= 0.6 is 282 Å².